The quantitative estimate of drug-likeness (QED) is 0.732. The summed E-state index contributed by atoms with van der Waals surface area (Å²) in [6.07, 6.45) is 2.83. The second kappa shape index (κ2) is 7.06. The van der Waals surface area contributed by atoms with Crippen LogP contribution in [-0.2, 0) is 9.47 Å². The number of rotatable bonds is 8. The van der Waals surface area contributed by atoms with Crippen LogP contribution in [0.4, 0.5) is 5.95 Å². The minimum absolute atomic E-state index is 0.640. The Balaban J connectivity index is 1.72. The summed E-state index contributed by atoms with van der Waals surface area (Å²) in [6, 6.07) is 4.02. The molecule has 2 aromatic rings. The van der Waals surface area contributed by atoms with E-state index in [2.05, 4.69) is 15.4 Å². The number of anilines is 1. The summed E-state index contributed by atoms with van der Waals surface area (Å²) in [6.45, 7) is 4.83. The molecule has 1 N–H and O–H groups in total. The van der Waals surface area contributed by atoms with Gasteiger partial charge in [0, 0.05) is 26.5 Å². The second-order valence-corrected chi connectivity index (χ2v) is 4.33. The molecule has 0 unspecified atom stereocenters. The van der Waals surface area contributed by atoms with Crippen LogP contribution in [0, 0.1) is 6.92 Å². The molecule has 0 saturated heterocycles. The van der Waals surface area contributed by atoms with Crippen molar-refractivity contribution in [3.63, 3.8) is 0 Å². The number of methoxy groups -OCH3 is 1. The van der Waals surface area contributed by atoms with Gasteiger partial charge in [-0.3, -0.25) is 0 Å². The van der Waals surface area contributed by atoms with Crippen LogP contribution < -0.4 is 5.32 Å². The van der Waals surface area contributed by atoms with Crippen molar-refractivity contribution in [2.75, 3.05) is 38.8 Å². The second-order valence-electron chi connectivity index (χ2n) is 4.33. The minimum Gasteiger partial charge on any atom is -0.382 e. The third-order valence-corrected chi connectivity index (χ3v) is 2.67. The van der Waals surface area contributed by atoms with Crippen molar-refractivity contribution in [2.24, 2.45) is 0 Å². The van der Waals surface area contributed by atoms with Gasteiger partial charge in [-0.25, -0.2) is 4.52 Å². The monoisotopic (exact) mass is 264 g/mol. The van der Waals surface area contributed by atoms with Gasteiger partial charge in [0.05, 0.1) is 13.2 Å². The molecule has 0 aliphatic rings. The molecule has 2 heterocycles. The number of hydrogen-bond donors (Lipinski definition) is 1. The summed E-state index contributed by atoms with van der Waals surface area (Å²) in [5, 5.41) is 7.52. The first-order valence-electron chi connectivity index (χ1n) is 6.43. The zero-order valence-corrected chi connectivity index (χ0v) is 11.4. The van der Waals surface area contributed by atoms with Crippen LogP contribution in [0.2, 0.25) is 0 Å². The van der Waals surface area contributed by atoms with Crippen molar-refractivity contribution in [2.45, 2.75) is 13.3 Å². The number of fused-ring (bicyclic) bond motifs is 1. The first-order chi connectivity index (χ1) is 9.29. The maximum atomic E-state index is 5.38. The predicted octanol–water partition coefficient (Wildman–Crippen LogP) is 1.50. The highest BCUT2D eigenvalue weighted by atomic mass is 16.5. The van der Waals surface area contributed by atoms with E-state index in [4.69, 9.17) is 9.47 Å². The van der Waals surface area contributed by atoms with Crippen LogP contribution in [0.15, 0.2) is 18.3 Å². The van der Waals surface area contributed by atoms with Crippen LogP contribution in [-0.4, -0.2) is 48.1 Å². The molecule has 0 aliphatic heterocycles. The molecule has 6 nitrogen and oxygen atoms in total. The summed E-state index contributed by atoms with van der Waals surface area (Å²) in [5.41, 5.74) is 2.04. The number of pyridine rings is 1. The molecule has 104 valence electrons. The van der Waals surface area contributed by atoms with E-state index in [0.29, 0.717) is 25.8 Å². The summed E-state index contributed by atoms with van der Waals surface area (Å²) in [4.78, 5) is 4.40. The van der Waals surface area contributed by atoms with E-state index in [1.807, 2.05) is 25.3 Å². The standard InChI is InChI=1S/C13H20N4O2/c1-11-4-6-17-12(10-11)15-13(16-17)14-5-3-7-19-9-8-18-2/h4,6,10H,3,5,7-9H2,1-2H3,(H,14,16). The lowest BCUT2D eigenvalue weighted by molar-refractivity contribution is 0.0705. The molecule has 2 rings (SSSR count). The van der Waals surface area contributed by atoms with Gasteiger partial charge in [-0.2, -0.15) is 4.98 Å². The lowest BCUT2D eigenvalue weighted by Crippen LogP contribution is -2.09. The van der Waals surface area contributed by atoms with Gasteiger partial charge in [-0.1, -0.05) is 0 Å². The Morgan fingerprint density at radius 3 is 3.05 bits per heavy atom. The highest BCUT2D eigenvalue weighted by Crippen LogP contribution is 2.07. The Morgan fingerprint density at radius 2 is 2.21 bits per heavy atom. The van der Waals surface area contributed by atoms with Crippen LogP contribution in [0.3, 0.4) is 0 Å². The van der Waals surface area contributed by atoms with E-state index < -0.39 is 0 Å². The first-order valence-corrected chi connectivity index (χ1v) is 6.43. The number of aryl methyl sites for hydroxylation is 1. The molecule has 6 heteroatoms. The molecular formula is C13H20N4O2. The highest BCUT2D eigenvalue weighted by molar-refractivity contribution is 5.45. The van der Waals surface area contributed by atoms with E-state index in [1.54, 1.807) is 11.6 Å². The molecule has 0 aliphatic carbocycles. The maximum absolute atomic E-state index is 5.38. The fourth-order valence-corrected chi connectivity index (χ4v) is 1.68. The zero-order chi connectivity index (χ0) is 13.5. The smallest absolute Gasteiger partial charge is 0.243 e. The lowest BCUT2D eigenvalue weighted by atomic mass is 10.3. The van der Waals surface area contributed by atoms with Crippen LogP contribution in [0.25, 0.3) is 5.65 Å². The zero-order valence-electron chi connectivity index (χ0n) is 11.4. The average molecular weight is 264 g/mol. The Morgan fingerprint density at radius 1 is 1.32 bits per heavy atom. The summed E-state index contributed by atoms with van der Waals surface area (Å²) < 4.78 is 12.0. The normalized spacial score (nSPS) is 11.1. The van der Waals surface area contributed by atoms with Crippen molar-refractivity contribution in [1.29, 1.82) is 0 Å². The number of nitrogens with one attached hydrogen (secondary N) is 1. The average Bonchev–Trinajstić information content (AvgIpc) is 2.79. The molecule has 0 aromatic carbocycles. The van der Waals surface area contributed by atoms with Gasteiger partial charge in [0.25, 0.3) is 0 Å². The molecule has 0 bridgehead atoms. The SMILES string of the molecule is COCCOCCCNc1nc2cc(C)ccn2n1. The maximum Gasteiger partial charge on any atom is 0.243 e. The van der Waals surface area contributed by atoms with Crippen LogP contribution in [0.5, 0.6) is 0 Å². The van der Waals surface area contributed by atoms with E-state index in [9.17, 15) is 0 Å². The van der Waals surface area contributed by atoms with Gasteiger partial charge in [0.1, 0.15) is 0 Å². The van der Waals surface area contributed by atoms with Crippen molar-refractivity contribution in [3.05, 3.63) is 23.9 Å². The van der Waals surface area contributed by atoms with Gasteiger partial charge in [-0.15, -0.1) is 5.10 Å². The Bertz CT molecular complexity index is 512. The molecule has 2 aromatic heterocycles. The van der Waals surface area contributed by atoms with E-state index in [1.165, 1.54) is 5.56 Å². The van der Waals surface area contributed by atoms with Crippen molar-refractivity contribution in [1.82, 2.24) is 14.6 Å². The summed E-state index contributed by atoms with van der Waals surface area (Å²) in [5.74, 6) is 0.655. The Hall–Kier alpha value is -1.66. The molecular weight excluding hydrogens is 244 g/mol. The third kappa shape index (κ3) is 4.18. The number of hydrogen-bond acceptors (Lipinski definition) is 5. The van der Waals surface area contributed by atoms with Crippen molar-refractivity contribution < 1.29 is 9.47 Å². The molecule has 0 fully saturated rings. The van der Waals surface area contributed by atoms with Crippen LogP contribution >= 0.6 is 0 Å². The van der Waals surface area contributed by atoms with Crippen LogP contribution in [0.1, 0.15) is 12.0 Å². The van der Waals surface area contributed by atoms with Crippen molar-refractivity contribution in [3.8, 4) is 0 Å². The molecule has 0 radical (unpaired) electrons. The van der Waals surface area contributed by atoms with E-state index in [-0.39, 0.29) is 0 Å². The predicted molar refractivity (Wildman–Crippen MR) is 73.5 cm³/mol. The van der Waals surface area contributed by atoms with Gasteiger partial charge in [0.2, 0.25) is 5.95 Å². The molecule has 0 amide bonds. The number of aromatic nitrogens is 3. The van der Waals surface area contributed by atoms with Gasteiger partial charge in [-0.05, 0) is 31.0 Å². The van der Waals surface area contributed by atoms with Crippen molar-refractivity contribution >= 4 is 11.6 Å². The van der Waals surface area contributed by atoms with E-state index >= 15 is 0 Å². The first kappa shape index (κ1) is 13.8. The largest absolute Gasteiger partial charge is 0.382 e. The summed E-state index contributed by atoms with van der Waals surface area (Å²) in [7, 11) is 1.67. The lowest BCUT2D eigenvalue weighted by Gasteiger charge is -2.03. The molecule has 0 atom stereocenters. The Kier molecular flexibility index (Phi) is 5.11. The Labute approximate surface area is 112 Å². The number of ether oxygens (including phenoxy) is 2. The third-order valence-electron chi connectivity index (χ3n) is 2.67. The molecule has 19 heavy (non-hydrogen) atoms. The fraction of sp³-hybridized carbons (Fsp3) is 0.538. The van der Waals surface area contributed by atoms with Gasteiger partial charge in [0.15, 0.2) is 5.65 Å². The topological polar surface area (TPSA) is 60.7 Å². The highest BCUT2D eigenvalue weighted by Gasteiger charge is 2.02. The number of nitrogens with zero attached hydrogens (tertiary/aromatic N) is 3. The fourth-order valence-electron chi connectivity index (χ4n) is 1.68. The van der Waals surface area contributed by atoms with Gasteiger partial charge >= 0.3 is 0 Å². The minimum atomic E-state index is 0.640. The summed E-state index contributed by atoms with van der Waals surface area (Å²) >= 11 is 0. The van der Waals surface area contributed by atoms with Gasteiger partial charge < -0.3 is 14.8 Å². The van der Waals surface area contributed by atoms with E-state index in [0.717, 1.165) is 18.6 Å². The molecule has 0 saturated carbocycles. The molecule has 0 spiro atoms.